The van der Waals surface area contributed by atoms with E-state index in [1.165, 1.54) is 12.1 Å². The number of sulfonamides is 1. The van der Waals surface area contributed by atoms with Gasteiger partial charge in [0.2, 0.25) is 16.0 Å². The molecular weight excluding hydrogens is 458 g/mol. The molecule has 1 heterocycles. The minimum Gasteiger partial charge on any atom is -0.365 e. The van der Waals surface area contributed by atoms with Crippen molar-refractivity contribution in [3.8, 4) is 0 Å². The fraction of sp³-hybridized carbons (Fsp3) is 0.500. The van der Waals surface area contributed by atoms with Gasteiger partial charge in [0.1, 0.15) is 5.56 Å². The van der Waals surface area contributed by atoms with Crippen molar-refractivity contribution in [2.45, 2.75) is 62.8 Å². The summed E-state index contributed by atoms with van der Waals surface area (Å²) in [5.41, 5.74) is 11.5. The zero-order chi connectivity index (χ0) is 24.9. The quantitative estimate of drug-likeness (QED) is 0.290. The maximum absolute atomic E-state index is 12.6. The van der Waals surface area contributed by atoms with E-state index in [9.17, 15) is 18.0 Å². The van der Waals surface area contributed by atoms with Gasteiger partial charge in [-0.3, -0.25) is 14.6 Å². The molecule has 0 saturated heterocycles. The Hall–Kier alpha value is -2.96. The SMILES string of the molecule is CCCNS(=O)(=O)c1ccc(C)c(Nc2nc(NCC3(N)CCCCC3)[nH]c(=O)c2C(N)=O)c1. The first-order valence-corrected chi connectivity index (χ1v) is 12.9. The molecule has 2 aromatic rings. The molecule has 12 heteroatoms. The highest BCUT2D eigenvalue weighted by atomic mass is 32.2. The normalized spacial score (nSPS) is 15.6. The predicted molar refractivity (Wildman–Crippen MR) is 132 cm³/mol. The Morgan fingerprint density at radius 3 is 2.59 bits per heavy atom. The van der Waals surface area contributed by atoms with Gasteiger partial charge in [0.15, 0.2) is 5.82 Å². The van der Waals surface area contributed by atoms with Crippen LogP contribution < -0.4 is 32.4 Å². The van der Waals surface area contributed by atoms with Gasteiger partial charge in [-0.05, 0) is 43.9 Å². The topological polar surface area (TPSA) is 185 Å². The molecule has 34 heavy (non-hydrogen) atoms. The van der Waals surface area contributed by atoms with Crippen LogP contribution in [0.5, 0.6) is 0 Å². The van der Waals surface area contributed by atoms with Crippen LogP contribution in [0.3, 0.4) is 0 Å². The molecule has 0 spiro atoms. The minimum absolute atomic E-state index is 0.0419. The van der Waals surface area contributed by atoms with E-state index in [1.54, 1.807) is 13.0 Å². The molecule has 1 aliphatic carbocycles. The number of carbonyl (C=O) groups excluding carboxylic acids is 1. The zero-order valence-corrected chi connectivity index (χ0v) is 20.3. The standard InChI is InChI=1S/C22H33N7O4S/c1-3-11-26-34(32,33)15-8-7-14(2)16(12-15)27-19-17(18(23)30)20(31)29-21(28-19)25-13-22(24)9-5-4-6-10-22/h7-8,12,26H,3-6,9-11,13,24H2,1-2H3,(H2,23,30)(H3,25,27,28,29,31). The number of nitrogens with zero attached hydrogens (tertiary/aromatic N) is 1. The molecule has 0 aliphatic heterocycles. The molecule has 1 aromatic carbocycles. The highest BCUT2D eigenvalue weighted by Gasteiger charge is 2.28. The van der Waals surface area contributed by atoms with Crippen molar-refractivity contribution in [2.75, 3.05) is 23.7 Å². The molecule has 3 rings (SSSR count). The van der Waals surface area contributed by atoms with Gasteiger partial charge in [-0.25, -0.2) is 13.1 Å². The highest BCUT2D eigenvalue weighted by molar-refractivity contribution is 7.89. The molecule has 0 atom stereocenters. The van der Waals surface area contributed by atoms with E-state index < -0.39 is 27.0 Å². The average Bonchev–Trinajstić information content (AvgIpc) is 2.78. The Kier molecular flexibility index (Phi) is 7.95. The summed E-state index contributed by atoms with van der Waals surface area (Å²) < 4.78 is 27.6. The van der Waals surface area contributed by atoms with Gasteiger partial charge < -0.3 is 22.1 Å². The van der Waals surface area contributed by atoms with Crippen LogP contribution in [0.25, 0.3) is 0 Å². The monoisotopic (exact) mass is 491 g/mol. The summed E-state index contributed by atoms with van der Waals surface area (Å²) in [4.78, 5) is 31.6. The Morgan fingerprint density at radius 1 is 1.24 bits per heavy atom. The van der Waals surface area contributed by atoms with E-state index in [-0.39, 0.29) is 22.2 Å². The number of rotatable bonds is 10. The number of benzene rings is 1. The second-order valence-corrected chi connectivity index (χ2v) is 10.5. The number of anilines is 3. The maximum Gasteiger partial charge on any atom is 0.267 e. The number of primary amides is 1. The average molecular weight is 492 g/mol. The third-order valence-electron chi connectivity index (χ3n) is 5.94. The Balaban J connectivity index is 1.93. The first-order chi connectivity index (χ1) is 16.0. The van der Waals surface area contributed by atoms with Gasteiger partial charge in [0, 0.05) is 24.3 Å². The van der Waals surface area contributed by atoms with Crippen LogP contribution >= 0.6 is 0 Å². The van der Waals surface area contributed by atoms with E-state index in [0.29, 0.717) is 30.8 Å². The van der Waals surface area contributed by atoms with E-state index in [2.05, 4.69) is 25.3 Å². The predicted octanol–water partition coefficient (Wildman–Crippen LogP) is 1.68. The van der Waals surface area contributed by atoms with Crippen molar-refractivity contribution in [3.63, 3.8) is 0 Å². The fourth-order valence-electron chi connectivity index (χ4n) is 3.92. The number of hydrogen-bond donors (Lipinski definition) is 6. The second kappa shape index (κ2) is 10.5. The summed E-state index contributed by atoms with van der Waals surface area (Å²) >= 11 is 0. The van der Waals surface area contributed by atoms with Gasteiger partial charge in [-0.15, -0.1) is 0 Å². The Bertz CT molecular complexity index is 1200. The van der Waals surface area contributed by atoms with E-state index in [4.69, 9.17) is 11.5 Å². The summed E-state index contributed by atoms with van der Waals surface area (Å²) in [6.45, 7) is 4.33. The second-order valence-electron chi connectivity index (χ2n) is 8.78. The van der Waals surface area contributed by atoms with Gasteiger partial charge in [-0.2, -0.15) is 4.98 Å². The number of aromatic amines is 1. The lowest BCUT2D eigenvalue weighted by molar-refractivity contribution is 0.0999. The van der Waals surface area contributed by atoms with Crippen LogP contribution in [-0.4, -0.2) is 42.9 Å². The van der Waals surface area contributed by atoms with E-state index in [1.807, 2.05) is 6.92 Å². The number of amides is 1. The highest BCUT2D eigenvalue weighted by Crippen LogP contribution is 2.27. The Morgan fingerprint density at radius 2 is 1.94 bits per heavy atom. The van der Waals surface area contributed by atoms with E-state index in [0.717, 1.165) is 32.1 Å². The molecule has 1 aromatic heterocycles. The number of nitrogens with two attached hydrogens (primary N) is 2. The van der Waals surface area contributed by atoms with Crippen molar-refractivity contribution >= 4 is 33.4 Å². The summed E-state index contributed by atoms with van der Waals surface area (Å²) in [6.07, 6.45) is 5.61. The van der Waals surface area contributed by atoms with Crippen LogP contribution in [0.15, 0.2) is 27.9 Å². The summed E-state index contributed by atoms with van der Waals surface area (Å²) in [5.74, 6) is -0.900. The molecule has 0 radical (unpaired) electrons. The third kappa shape index (κ3) is 6.13. The van der Waals surface area contributed by atoms with Crippen LogP contribution in [0.2, 0.25) is 0 Å². The van der Waals surface area contributed by atoms with Gasteiger partial charge in [0.05, 0.1) is 4.90 Å². The van der Waals surface area contributed by atoms with Crippen molar-refractivity contribution < 1.29 is 13.2 Å². The lowest BCUT2D eigenvalue weighted by Gasteiger charge is -2.33. The molecule has 186 valence electrons. The van der Waals surface area contributed by atoms with Gasteiger partial charge in [-0.1, -0.05) is 32.3 Å². The Labute approximate surface area is 199 Å². The third-order valence-corrected chi connectivity index (χ3v) is 7.40. The van der Waals surface area contributed by atoms with Gasteiger partial charge >= 0.3 is 0 Å². The molecule has 1 saturated carbocycles. The van der Waals surface area contributed by atoms with Gasteiger partial charge in [0.25, 0.3) is 11.5 Å². The van der Waals surface area contributed by atoms with Crippen molar-refractivity contribution in [1.29, 1.82) is 0 Å². The largest absolute Gasteiger partial charge is 0.365 e. The summed E-state index contributed by atoms with van der Waals surface area (Å²) in [5, 5.41) is 6.00. The molecule has 11 nitrogen and oxygen atoms in total. The molecule has 1 aliphatic rings. The van der Waals surface area contributed by atoms with Crippen LogP contribution in [-0.2, 0) is 10.0 Å². The van der Waals surface area contributed by atoms with Crippen molar-refractivity contribution in [2.24, 2.45) is 11.5 Å². The lowest BCUT2D eigenvalue weighted by Crippen LogP contribution is -2.48. The fourth-order valence-corrected chi connectivity index (χ4v) is 5.08. The molecule has 0 bridgehead atoms. The number of hydrogen-bond acceptors (Lipinski definition) is 8. The minimum atomic E-state index is -3.72. The number of nitrogens with one attached hydrogen (secondary N) is 4. The zero-order valence-electron chi connectivity index (χ0n) is 19.5. The van der Waals surface area contributed by atoms with E-state index >= 15 is 0 Å². The molecule has 1 fully saturated rings. The lowest BCUT2D eigenvalue weighted by atomic mass is 9.82. The molecule has 1 amide bonds. The first-order valence-electron chi connectivity index (χ1n) is 11.4. The number of aromatic nitrogens is 2. The first kappa shape index (κ1) is 25.7. The molecular formula is C22H33N7O4S. The summed E-state index contributed by atoms with van der Waals surface area (Å²) in [7, 11) is -3.72. The van der Waals surface area contributed by atoms with Crippen LogP contribution in [0, 0.1) is 6.92 Å². The smallest absolute Gasteiger partial charge is 0.267 e. The number of aryl methyl sites for hydroxylation is 1. The maximum atomic E-state index is 12.6. The van der Waals surface area contributed by atoms with Crippen molar-refractivity contribution in [3.05, 3.63) is 39.7 Å². The molecule has 0 unspecified atom stereocenters. The summed E-state index contributed by atoms with van der Waals surface area (Å²) in [6, 6.07) is 4.53. The van der Waals surface area contributed by atoms with Crippen LogP contribution in [0.1, 0.15) is 61.4 Å². The van der Waals surface area contributed by atoms with Crippen LogP contribution in [0.4, 0.5) is 17.5 Å². The molecule has 8 N–H and O–H groups in total. The number of H-pyrrole nitrogens is 1. The number of carbonyl (C=O) groups is 1. The van der Waals surface area contributed by atoms with Crippen molar-refractivity contribution in [1.82, 2.24) is 14.7 Å².